The van der Waals surface area contributed by atoms with E-state index in [1.165, 1.54) is 22.7 Å². The normalized spacial score (nSPS) is 12.7. The Hall–Kier alpha value is -4.78. The predicted molar refractivity (Wildman–Crippen MR) is 186 cm³/mol. The third kappa shape index (κ3) is 6.19. The third-order valence-electron chi connectivity index (χ3n) is 7.87. The van der Waals surface area contributed by atoms with E-state index in [4.69, 9.17) is 10.5 Å². The van der Waals surface area contributed by atoms with Gasteiger partial charge >= 0.3 is 5.97 Å². The number of ether oxygens (including phenoxy) is 1. The predicted octanol–water partition coefficient (Wildman–Crippen LogP) is 7.59. The number of nitrogen functional groups attached to an aromatic ring is 1. The number of aromatic carboxylic acids is 1. The van der Waals surface area contributed by atoms with Gasteiger partial charge in [-0.3, -0.25) is 10.1 Å². The van der Waals surface area contributed by atoms with E-state index >= 15 is 0 Å². The van der Waals surface area contributed by atoms with Crippen LogP contribution in [-0.4, -0.2) is 40.1 Å². The molecular formula is C34H29N5O4S3. The van der Waals surface area contributed by atoms with Crippen LogP contribution in [0.2, 0.25) is 0 Å². The second-order valence-corrected chi connectivity index (χ2v) is 13.7. The van der Waals surface area contributed by atoms with Gasteiger partial charge in [0.1, 0.15) is 5.75 Å². The summed E-state index contributed by atoms with van der Waals surface area (Å²) in [5, 5.41) is 18.0. The number of nitrogens with one attached hydrogen (secondary N) is 1. The number of carboxylic acid groups (broad SMARTS) is 1. The minimum absolute atomic E-state index is 0.0744. The summed E-state index contributed by atoms with van der Waals surface area (Å²) in [6.45, 7) is 1.58. The van der Waals surface area contributed by atoms with Crippen LogP contribution in [0.1, 0.15) is 43.3 Å². The van der Waals surface area contributed by atoms with Crippen LogP contribution in [0, 0.1) is 0 Å². The van der Waals surface area contributed by atoms with Crippen LogP contribution in [0.5, 0.6) is 5.75 Å². The maximum Gasteiger partial charge on any atom is 0.355 e. The molecule has 3 aromatic heterocycles. The molecular weight excluding hydrogens is 639 g/mol. The molecule has 0 unspecified atom stereocenters. The van der Waals surface area contributed by atoms with Gasteiger partial charge in [-0.25, -0.2) is 14.8 Å². The second kappa shape index (κ2) is 12.9. The van der Waals surface area contributed by atoms with Gasteiger partial charge in [-0.2, -0.15) is 0 Å². The van der Waals surface area contributed by atoms with Crippen molar-refractivity contribution in [3.05, 3.63) is 105 Å². The zero-order chi connectivity index (χ0) is 31.6. The highest BCUT2D eigenvalue weighted by molar-refractivity contribution is 7.22. The van der Waals surface area contributed by atoms with Gasteiger partial charge in [0.2, 0.25) is 0 Å². The highest BCUT2D eigenvalue weighted by Gasteiger charge is 2.26. The Morgan fingerprint density at radius 2 is 1.85 bits per heavy atom. The standard InChI is InChI=1S/C34H29N5O4S3/c35-26-19-44-18-25(26)21-10-12-22(13-11-21)43-16-4-9-29-30(32(41)42)37-34(46-29)39-15-14-20-5-3-6-23(24(20)17-39)31(40)38-33-36-27-7-1-2-8-28(27)45-33/h1-3,5-8,10-13,18-19H,4,9,14-17,35H2,(H,41,42)(H,36,38,40). The van der Waals surface area contributed by atoms with E-state index < -0.39 is 5.97 Å². The van der Waals surface area contributed by atoms with Crippen molar-refractivity contribution >= 4 is 72.1 Å². The zero-order valence-electron chi connectivity index (χ0n) is 24.6. The number of anilines is 3. The fourth-order valence-electron chi connectivity index (χ4n) is 5.55. The summed E-state index contributed by atoms with van der Waals surface area (Å²) in [4.78, 5) is 37.4. The van der Waals surface area contributed by atoms with Crippen LogP contribution in [0.15, 0.2) is 77.5 Å². The van der Waals surface area contributed by atoms with Crippen molar-refractivity contribution in [2.24, 2.45) is 0 Å². The van der Waals surface area contributed by atoms with Crippen molar-refractivity contribution in [3.63, 3.8) is 0 Å². The molecule has 1 amide bonds. The van der Waals surface area contributed by atoms with E-state index in [1.807, 2.05) is 77.5 Å². The number of benzene rings is 3. The van der Waals surface area contributed by atoms with Crippen LogP contribution in [0.4, 0.5) is 16.0 Å². The van der Waals surface area contributed by atoms with Crippen LogP contribution in [0.3, 0.4) is 0 Å². The van der Waals surface area contributed by atoms with Crippen LogP contribution >= 0.6 is 34.0 Å². The number of aryl methyl sites for hydroxylation is 1. The first-order chi connectivity index (χ1) is 22.4. The molecule has 12 heteroatoms. The first kappa shape index (κ1) is 29.9. The number of hydrogen-bond acceptors (Lipinski definition) is 10. The van der Waals surface area contributed by atoms with Crippen molar-refractivity contribution in [1.29, 1.82) is 0 Å². The number of nitrogens with two attached hydrogens (primary N) is 1. The van der Waals surface area contributed by atoms with Gasteiger partial charge in [0, 0.05) is 39.9 Å². The molecule has 0 radical (unpaired) electrons. The Balaban J connectivity index is 1.01. The summed E-state index contributed by atoms with van der Waals surface area (Å²) in [7, 11) is 0. The summed E-state index contributed by atoms with van der Waals surface area (Å²) in [5.41, 5.74) is 12.4. The first-order valence-corrected chi connectivity index (χ1v) is 17.3. The summed E-state index contributed by atoms with van der Waals surface area (Å²) in [6, 6.07) is 21.4. The molecule has 1 aliphatic rings. The first-order valence-electron chi connectivity index (χ1n) is 14.7. The molecule has 6 aromatic rings. The largest absolute Gasteiger partial charge is 0.494 e. The van der Waals surface area contributed by atoms with E-state index in [9.17, 15) is 14.7 Å². The molecule has 0 fully saturated rings. The smallest absolute Gasteiger partial charge is 0.355 e. The third-order valence-corrected chi connectivity index (χ3v) is 10.8. The molecule has 4 N–H and O–H groups in total. The minimum Gasteiger partial charge on any atom is -0.494 e. The molecule has 0 saturated heterocycles. The van der Waals surface area contributed by atoms with E-state index in [0.29, 0.717) is 53.2 Å². The number of nitrogens with zero attached hydrogens (tertiary/aromatic N) is 3. The van der Waals surface area contributed by atoms with E-state index in [0.717, 1.165) is 50.3 Å². The van der Waals surface area contributed by atoms with Crippen LogP contribution in [-0.2, 0) is 19.4 Å². The van der Waals surface area contributed by atoms with Crippen molar-refractivity contribution in [2.45, 2.75) is 25.8 Å². The van der Waals surface area contributed by atoms with Crippen LogP contribution in [0.25, 0.3) is 21.3 Å². The second-order valence-electron chi connectivity index (χ2n) is 10.8. The van der Waals surface area contributed by atoms with Gasteiger partial charge in [-0.05, 0) is 66.3 Å². The molecule has 0 atom stereocenters. The number of thiophene rings is 1. The van der Waals surface area contributed by atoms with E-state index in [1.54, 1.807) is 11.3 Å². The van der Waals surface area contributed by atoms with Gasteiger partial charge in [0.05, 0.1) is 22.5 Å². The topological polar surface area (TPSA) is 131 Å². The fourth-order valence-corrected chi connectivity index (χ4v) is 8.28. The number of hydrogen-bond donors (Lipinski definition) is 3. The monoisotopic (exact) mass is 667 g/mol. The number of thiazole rings is 2. The number of para-hydroxylation sites is 1. The number of fused-ring (bicyclic) bond motifs is 2. The molecule has 0 aliphatic carbocycles. The average molecular weight is 668 g/mol. The van der Waals surface area contributed by atoms with Crippen molar-refractivity contribution < 1.29 is 19.4 Å². The maximum atomic E-state index is 13.4. The molecule has 0 spiro atoms. The SMILES string of the molecule is Nc1cscc1-c1ccc(OCCCc2sc(N3CCc4cccc(C(=O)Nc5nc6ccccc6s5)c4C3)nc2C(=O)O)cc1. The fraction of sp³-hybridized carbons (Fsp3) is 0.176. The van der Waals surface area contributed by atoms with Crippen molar-refractivity contribution in [1.82, 2.24) is 9.97 Å². The lowest BCUT2D eigenvalue weighted by Crippen LogP contribution is -2.32. The summed E-state index contributed by atoms with van der Waals surface area (Å²) < 4.78 is 6.95. The highest BCUT2D eigenvalue weighted by atomic mass is 32.1. The van der Waals surface area contributed by atoms with Gasteiger partial charge in [-0.15, -0.1) is 22.7 Å². The Bertz CT molecular complexity index is 2020. The average Bonchev–Trinajstić information content (AvgIpc) is 3.81. The molecule has 9 nitrogen and oxygen atoms in total. The lowest BCUT2D eigenvalue weighted by Gasteiger charge is -2.29. The maximum absolute atomic E-state index is 13.4. The zero-order valence-corrected chi connectivity index (χ0v) is 27.0. The van der Waals surface area contributed by atoms with E-state index in [-0.39, 0.29) is 11.6 Å². The molecule has 232 valence electrons. The highest BCUT2D eigenvalue weighted by Crippen LogP contribution is 2.34. The quantitative estimate of drug-likeness (QED) is 0.127. The molecule has 1 aliphatic heterocycles. The summed E-state index contributed by atoms with van der Waals surface area (Å²) in [5.74, 6) is -0.514. The molecule has 7 rings (SSSR count). The number of aromatic nitrogens is 2. The Morgan fingerprint density at radius 3 is 2.63 bits per heavy atom. The lowest BCUT2D eigenvalue weighted by atomic mass is 9.94. The molecule has 3 aromatic carbocycles. The molecule has 46 heavy (non-hydrogen) atoms. The van der Waals surface area contributed by atoms with Gasteiger partial charge in [-0.1, -0.05) is 47.7 Å². The Morgan fingerprint density at radius 1 is 1.00 bits per heavy atom. The van der Waals surface area contributed by atoms with Gasteiger partial charge in [0.15, 0.2) is 16.0 Å². The van der Waals surface area contributed by atoms with Crippen molar-refractivity contribution in [3.8, 4) is 16.9 Å². The Labute approximate surface area is 276 Å². The van der Waals surface area contributed by atoms with Gasteiger partial charge < -0.3 is 20.5 Å². The number of carbonyl (C=O) groups excluding carboxylic acids is 1. The molecule has 0 bridgehead atoms. The van der Waals surface area contributed by atoms with Crippen molar-refractivity contribution in [2.75, 3.05) is 29.1 Å². The Kier molecular flexibility index (Phi) is 8.39. The van der Waals surface area contributed by atoms with Gasteiger partial charge in [0.25, 0.3) is 5.91 Å². The number of carbonyl (C=O) groups is 2. The number of amides is 1. The van der Waals surface area contributed by atoms with Crippen LogP contribution < -0.4 is 20.7 Å². The summed E-state index contributed by atoms with van der Waals surface area (Å²) >= 11 is 4.40. The number of carboxylic acids is 1. The minimum atomic E-state index is -1.05. The summed E-state index contributed by atoms with van der Waals surface area (Å²) in [6.07, 6.45) is 1.89. The molecule has 4 heterocycles. The number of rotatable bonds is 10. The van der Waals surface area contributed by atoms with E-state index in [2.05, 4.69) is 20.2 Å². The lowest BCUT2D eigenvalue weighted by molar-refractivity contribution is 0.0690. The molecule has 0 saturated carbocycles.